The molecule has 0 bridgehead atoms. The summed E-state index contributed by atoms with van der Waals surface area (Å²) in [7, 11) is 0. The molecule has 2 N–H and O–H groups in total. The second-order valence-corrected chi connectivity index (χ2v) is 6.14. The van der Waals surface area contributed by atoms with Gasteiger partial charge in [0, 0.05) is 12.6 Å². The maximum atomic E-state index is 13.0. The summed E-state index contributed by atoms with van der Waals surface area (Å²) in [5.41, 5.74) is 0.526. The van der Waals surface area contributed by atoms with Crippen LogP contribution in [0.5, 0.6) is 0 Å². The van der Waals surface area contributed by atoms with E-state index in [0.717, 1.165) is 37.9 Å². The first kappa shape index (κ1) is 16.2. The number of hydrogen-bond donors (Lipinski definition) is 2. The summed E-state index contributed by atoms with van der Waals surface area (Å²) in [5.74, 6) is 0.351. The third-order valence-electron chi connectivity index (χ3n) is 4.73. The van der Waals surface area contributed by atoms with Gasteiger partial charge in [-0.2, -0.15) is 0 Å². The van der Waals surface area contributed by atoms with Gasteiger partial charge in [0.15, 0.2) is 0 Å². The Morgan fingerprint density at radius 3 is 2.57 bits per heavy atom. The Hall–Kier alpha value is -1.13. The highest BCUT2D eigenvalue weighted by Crippen LogP contribution is 2.48. The lowest BCUT2D eigenvalue weighted by Gasteiger charge is -2.31. The first-order valence-electron chi connectivity index (χ1n) is 7.39. The highest BCUT2D eigenvalue weighted by Gasteiger charge is 2.51. The Kier molecular flexibility index (Phi) is 4.89. The van der Waals surface area contributed by atoms with Crippen molar-refractivity contribution in [3.63, 3.8) is 0 Å². The van der Waals surface area contributed by atoms with Crippen LogP contribution in [0, 0.1) is 11.7 Å². The maximum Gasteiger partial charge on any atom is 0.230 e. The van der Waals surface area contributed by atoms with E-state index in [1.807, 2.05) is 0 Å². The number of rotatable bonds is 3. The van der Waals surface area contributed by atoms with Crippen molar-refractivity contribution < 1.29 is 9.18 Å². The summed E-state index contributed by atoms with van der Waals surface area (Å²) < 4.78 is 13.0. The van der Waals surface area contributed by atoms with E-state index in [0.29, 0.717) is 5.92 Å². The molecule has 2 atom stereocenters. The lowest BCUT2D eigenvalue weighted by Crippen LogP contribution is -2.52. The van der Waals surface area contributed by atoms with Gasteiger partial charge in [-0.3, -0.25) is 4.79 Å². The van der Waals surface area contributed by atoms with E-state index in [9.17, 15) is 9.18 Å². The van der Waals surface area contributed by atoms with Gasteiger partial charge in [0.1, 0.15) is 5.82 Å². The fourth-order valence-electron chi connectivity index (χ4n) is 3.03. The first-order chi connectivity index (χ1) is 9.62. The van der Waals surface area contributed by atoms with Crippen LogP contribution in [-0.4, -0.2) is 25.0 Å². The van der Waals surface area contributed by atoms with Crippen molar-refractivity contribution in [2.75, 3.05) is 13.1 Å². The maximum absolute atomic E-state index is 13.0. The molecule has 1 aliphatic carbocycles. The van der Waals surface area contributed by atoms with Crippen LogP contribution in [0.15, 0.2) is 24.3 Å². The third kappa shape index (κ3) is 3.22. The topological polar surface area (TPSA) is 41.1 Å². The Bertz CT molecular complexity index is 502. The molecular formula is C16H22ClFN2O. The van der Waals surface area contributed by atoms with Crippen LogP contribution in [0.25, 0.3) is 0 Å². The van der Waals surface area contributed by atoms with Crippen molar-refractivity contribution in [2.45, 2.75) is 37.6 Å². The lowest BCUT2D eigenvalue weighted by molar-refractivity contribution is -0.124. The van der Waals surface area contributed by atoms with Crippen LogP contribution in [0.1, 0.15) is 31.7 Å². The second kappa shape index (κ2) is 6.32. The molecule has 2 fully saturated rings. The van der Waals surface area contributed by atoms with Crippen molar-refractivity contribution in [3.8, 4) is 0 Å². The molecule has 1 aromatic carbocycles. The molecule has 2 aliphatic rings. The van der Waals surface area contributed by atoms with Gasteiger partial charge in [-0.15, -0.1) is 12.4 Å². The summed E-state index contributed by atoms with van der Waals surface area (Å²) in [6, 6.07) is 6.56. The van der Waals surface area contributed by atoms with Gasteiger partial charge in [0.05, 0.1) is 5.41 Å². The molecule has 3 nitrogen and oxygen atoms in total. The molecule has 1 aromatic rings. The lowest BCUT2D eigenvalue weighted by atomic mass is 9.91. The molecule has 5 heteroatoms. The average molecular weight is 313 g/mol. The molecule has 3 rings (SSSR count). The molecule has 0 spiro atoms. The van der Waals surface area contributed by atoms with E-state index < -0.39 is 5.41 Å². The number of piperidine rings is 1. The van der Waals surface area contributed by atoms with E-state index in [1.165, 1.54) is 12.1 Å². The highest BCUT2D eigenvalue weighted by molar-refractivity contribution is 5.91. The molecule has 0 aromatic heterocycles. The van der Waals surface area contributed by atoms with Crippen LogP contribution < -0.4 is 10.6 Å². The zero-order valence-electron chi connectivity index (χ0n) is 12.2. The van der Waals surface area contributed by atoms with Gasteiger partial charge >= 0.3 is 0 Å². The number of carbonyl (C=O) groups is 1. The predicted molar refractivity (Wildman–Crippen MR) is 83.1 cm³/mol. The summed E-state index contributed by atoms with van der Waals surface area (Å²) in [4.78, 5) is 12.6. The molecule has 1 saturated heterocycles. The quantitative estimate of drug-likeness (QED) is 0.900. The number of halogens is 2. The average Bonchev–Trinajstić information content (AvgIpc) is 3.24. The van der Waals surface area contributed by atoms with E-state index >= 15 is 0 Å². The van der Waals surface area contributed by atoms with Crippen LogP contribution in [0.2, 0.25) is 0 Å². The molecular weight excluding hydrogens is 291 g/mol. The zero-order valence-corrected chi connectivity index (χ0v) is 13.0. The summed E-state index contributed by atoms with van der Waals surface area (Å²) in [6.45, 7) is 4.05. The zero-order chi connectivity index (χ0) is 14.2. The van der Waals surface area contributed by atoms with E-state index in [4.69, 9.17) is 0 Å². The van der Waals surface area contributed by atoms with Gasteiger partial charge in [0.2, 0.25) is 5.91 Å². The minimum atomic E-state index is -0.412. The standard InChI is InChI=1S/C16H21FN2O.ClH/c1-11-6-9-18-10-14(11)19-15(20)16(7-8-16)12-2-4-13(17)5-3-12;/h2-5,11,14,18H,6-10H2,1H3,(H,19,20);1H. The van der Waals surface area contributed by atoms with Crippen LogP contribution in [-0.2, 0) is 10.2 Å². The summed E-state index contributed by atoms with van der Waals surface area (Å²) in [6.07, 6.45) is 2.81. The van der Waals surface area contributed by atoms with Gasteiger partial charge < -0.3 is 10.6 Å². The first-order valence-corrected chi connectivity index (χ1v) is 7.39. The number of nitrogens with one attached hydrogen (secondary N) is 2. The molecule has 2 unspecified atom stereocenters. The fraction of sp³-hybridized carbons (Fsp3) is 0.562. The van der Waals surface area contributed by atoms with Crippen LogP contribution in [0.3, 0.4) is 0 Å². The fourth-order valence-corrected chi connectivity index (χ4v) is 3.03. The van der Waals surface area contributed by atoms with E-state index in [-0.39, 0.29) is 30.2 Å². The smallest absolute Gasteiger partial charge is 0.230 e. The van der Waals surface area contributed by atoms with E-state index in [1.54, 1.807) is 12.1 Å². The SMILES string of the molecule is CC1CCNCC1NC(=O)C1(c2ccc(F)cc2)CC1.Cl. The summed E-state index contributed by atoms with van der Waals surface area (Å²) in [5, 5.41) is 6.51. The minimum absolute atomic E-state index is 0. The molecule has 1 heterocycles. The normalized spacial score (nSPS) is 26.6. The molecule has 1 saturated carbocycles. The largest absolute Gasteiger partial charge is 0.351 e. The van der Waals surface area contributed by atoms with Crippen molar-refractivity contribution in [1.29, 1.82) is 0 Å². The predicted octanol–water partition coefficient (Wildman–Crippen LogP) is 2.39. The van der Waals surface area contributed by atoms with Crippen molar-refractivity contribution in [2.24, 2.45) is 5.92 Å². The van der Waals surface area contributed by atoms with E-state index in [2.05, 4.69) is 17.6 Å². The highest BCUT2D eigenvalue weighted by atomic mass is 35.5. The molecule has 116 valence electrons. The van der Waals surface area contributed by atoms with Crippen molar-refractivity contribution in [1.82, 2.24) is 10.6 Å². The minimum Gasteiger partial charge on any atom is -0.351 e. The van der Waals surface area contributed by atoms with Crippen molar-refractivity contribution in [3.05, 3.63) is 35.6 Å². The molecule has 0 radical (unpaired) electrons. The van der Waals surface area contributed by atoms with Gasteiger partial charge in [-0.05, 0) is 49.4 Å². The van der Waals surface area contributed by atoms with Gasteiger partial charge in [0.25, 0.3) is 0 Å². The number of benzene rings is 1. The molecule has 1 amide bonds. The summed E-state index contributed by atoms with van der Waals surface area (Å²) >= 11 is 0. The molecule has 21 heavy (non-hydrogen) atoms. The second-order valence-electron chi connectivity index (χ2n) is 6.14. The Morgan fingerprint density at radius 2 is 2.00 bits per heavy atom. The number of carbonyl (C=O) groups excluding carboxylic acids is 1. The third-order valence-corrected chi connectivity index (χ3v) is 4.73. The Morgan fingerprint density at radius 1 is 1.33 bits per heavy atom. The monoisotopic (exact) mass is 312 g/mol. The Labute approximate surface area is 131 Å². The number of hydrogen-bond acceptors (Lipinski definition) is 2. The number of amides is 1. The van der Waals surface area contributed by atoms with Crippen molar-refractivity contribution >= 4 is 18.3 Å². The Balaban J connectivity index is 0.00000161. The van der Waals surface area contributed by atoms with Gasteiger partial charge in [-0.25, -0.2) is 4.39 Å². The van der Waals surface area contributed by atoms with Crippen LogP contribution >= 0.6 is 12.4 Å². The van der Waals surface area contributed by atoms with Gasteiger partial charge in [-0.1, -0.05) is 19.1 Å². The van der Waals surface area contributed by atoms with Crippen LogP contribution in [0.4, 0.5) is 4.39 Å². The molecule has 1 aliphatic heterocycles.